The monoisotopic (exact) mass is 396 g/mol. The molecule has 13 heteroatoms. The van der Waals surface area contributed by atoms with Crippen LogP contribution in [-0.2, 0) is 6.54 Å². The van der Waals surface area contributed by atoms with Gasteiger partial charge in [-0.3, -0.25) is 4.98 Å². The van der Waals surface area contributed by atoms with Crippen LogP contribution in [0.15, 0.2) is 20.6 Å². The molecule has 1 saturated carbocycles. The van der Waals surface area contributed by atoms with Crippen molar-refractivity contribution in [3.8, 4) is 5.88 Å². The van der Waals surface area contributed by atoms with E-state index in [0.717, 1.165) is 12.8 Å². The van der Waals surface area contributed by atoms with Crippen molar-refractivity contribution in [3.63, 3.8) is 0 Å². The average molecular weight is 396 g/mol. The Hall–Kier alpha value is -4.03. The van der Waals surface area contributed by atoms with E-state index in [4.69, 9.17) is 4.63 Å². The van der Waals surface area contributed by atoms with Gasteiger partial charge in [0.1, 0.15) is 17.1 Å². The number of H-pyrrole nitrogens is 2. The SMILES string of the molecule is Cc1nonc1CNc1nc(=NC2CC2)n2nc/c(=C/c3[nH]c(=O)[nH]c3O)c2n1. The predicted octanol–water partition coefficient (Wildman–Crippen LogP) is -1.24. The van der Waals surface area contributed by atoms with Crippen molar-refractivity contribution in [3.05, 3.63) is 44.6 Å². The standard InChI is InChI=1S/C16H16N10O3/c1-7-11(25-29-24-7)6-17-14-21-12-8(4-10-13(27)22-16(28)20-10)5-18-26(12)15(23-14)19-9-2-3-9/h4-5,9,27H,2-3,6H2,1H3,(H,17,19,23)(H2,20,22,28)/b8-4-. The van der Waals surface area contributed by atoms with Crippen LogP contribution in [0, 0.1) is 6.92 Å². The van der Waals surface area contributed by atoms with E-state index in [9.17, 15) is 9.90 Å². The molecule has 4 aromatic rings. The first kappa shape index (κ1) is 17.1. The predicted molar refractivity (Wildman–Crippen MR) is 97.6 cm³/mol. The summed E-state index contributed by atoms with van der Waals surface area (Å²) >= 11 is 0. The molecule has 13 nitrogen and oxygen atoms in total. The molecule has 0 saturated heterocycles. The van der Waals surface area contributed by atoms with Gasteiger partial charge in [-0.15, -0.1) is 0 Å². The summed E-state index contributed by atoms with van der Waals surface area (Å²) in [5, 5.41) is 25.4. The zero-order chi connectivity index (χ0) is 20.0. The van der Waals surface area contributed by atoms with Crippen molar-refractivity contribution in [2.45, 2.75) is 32.4 Å². The van der Waals surface area contributed by atoms with Crippen molar-refractivity contribution in [1.29, 1.82) is 0 Å². The minimum atomic E-state index is -0.511. The molecule has 4 aromatic heterocycles. The van der Waals surface area contributed by atoms with Gasteiger partial charge in [-0.05, 0) is 25.8 Å². The minimum Gasteiger partial charge on any atom is -0.493 e. The number of nitrogens with one attached hydrogen (secondary N) is 3. The molecule has 4 heterocycles. The lowest BCUT2D eigenvalue weighted by Crippen LogP contribution is -2.24. The molecule has 1 fully saturated rings. The van der Waals surface area contributed by atoms with E-state index >= 15 is 0 Å². The van der Waals surface area contributed by atoms with Gasteiger partial charge in [0.2, 0.25) is 11.8 Å². The van der Waals surface area contributed by atoms with Gasteiger partial charge >= 0.3 is 5.69 Å². The van der Waals surface area contributed by atoms with Gasteiger partial charge in [0.15, 0.2) is 5.65 Å². The lowest BCUT2D eigenvalue weighted by molar-refractivity contribution is 0.301. The van der Waals surface area contributed by atoms with Crippen molar-refractivity contribution in [1.82, 2.24) is 39.9 Å². The third-order valence-corrected chi connectivity index (χ3v) is 4.42. The number of hydrogen-bond donors (Lipinski definition) is 4. The quantitative estimate of drug-likeness (QED) is 0.321. The van der Waals surface area contributed by atoms with Crippen LogP contribution in [0.3, 0.4) is 0 Å². The second-order valence-electron chi connectivity index (χ2n) is 6.68. The van der Waals surface area contributed by atoms with E-state index in [0.29, 0.717) is 40.4 Å². The number of aromatic hydroxyl groups is 1. The number of aromatic nitrogens is 8. The highest BCUT2D eigenvalue weighted by Crippen LogP contribution is 2.22. The molecule has 0 spiro atoms. The fraction of sp³-hybridized carbons (Fsp3) is 0.312. The molecule has 0 bridgehead atoms. The second kappa shape index (κ2) is 6.54. The molecule has 0 unspecified atom stereocenters. The van der Waals surface area contributed by atoms with Crippen molar-refractivity contribution < 1.29 is 9.74 Å². The molecule has 148 valence electrons. The zero-order valence-corrected chi connectivity index (χ0v) is 15.2. The van der Waals surface area contributed by atoms with Crippen LogP contribution in [0.25, 0.3) is 11.7 Å². The number of hydrogen-bond acceptors (Lipinski definition) is 10. The maximum absolute atomic E-state index is 11.4. The Morgan fingerprint density at radius 1 is 1.38 bits per heavy atom. The van der Waals surface area contributed by atoms with Crippen LogP contribution < -0.4 is 21.8 Å². The average Bonchev–Trinajstić information content (AvgIpc) is 3.11. The molecular formula is C16H16N10O3. The molecular weight excluding hydrogens is 380 g/mol. The van der Waals surface area contributed by atoms with Crippen LogP contribution in [-0.4, -0.2) is 51.0 Å². The lowest BCUT2D eigenvalue weighted by Gasteiger charge is -2.03. The summed E-state index contributed by atoms with van der Waals surface area (Å²) in [7, 11) is 0. The van der Waals surface area contributed by atoms with E-state index < -0.39 is 5.69 Å². The lowest BCUT2D eigenvalue weighted by atomic mass is 10.3. The molecule has 0 aliphatic heterocycles. The summed E-state index contributed by atoms with van der Waals surface area (Å²) in [6, 6.07) is 0.227. The topological polar surface area (TPSA) is 175 Å². The van der Waals surface area contributed by atoms with Gasteiger partial charge in [-0.2, -0.15) is 19.6 Å². The number of anilines is 1. The van der Waals surface area contributed by atoms with Crippen molar-refractivity contribution in [2.75, 3.05) is 5.32 Å². The van der Waals surface area contributed by atoms with Gasteiger partial charge in [-0.1, -0.05) is 10.3 Å². The summed E-state index contributed by atoms with van der Waals surface area (Å²) in [5.74, 6) is 0.0693. The Morgan fingerprint density at radius 3 is 2.93 bits per heavy atom. The molecule has 29 heavy (non-hydrogen) atoms. The summed E-state index contributed by atoms with van der Waals surface area (Å²) in [6.45, 7) is 2.12. The summed E-state index contributed by atoms with van der Waals surface area (Å²) in [4.78, 5) is 29.7. The third kappa shape index (κ3) is 3.33. The van der Waals surface area contributed by atoms with Crippen LogP contribution in [0.4, 0.5) is 5.95 Å². The molecule has 5 rings (SSSR count). The van der Waals surface area contributed by atoms with Gasteiger partial charge < -0.3 is 15.4 Å². The number of rotatable bonds is 5. The smallest absolute Gasteiger partial charge is 0.326 e. The molecule has 0 amide bonds. The van der Waals surface area contributed by atoms with E-state index in [2.05, 4.69) is 45.7 Å². The Labute approximate surface area is 161 Å². The summed E-state index contributed by atoms with van der Waals surface area (Å²) in [6.07, 6.45) is 5.16. The fourth-order valence-corrected chi connectivity index (χ4v) is 2.73. The minimum absolute atomic E-state index is 0.225. The van der Waals surface area contributed by atoms with E-state index in [-0.39, 0.29) is 17.6 Å². The zero-order valence-electron chi connectivity index (χ0n) is 15.2. The highest BCUT2D eigenvalue weighted by atomic mass is 16.6. The first-order chi connectivity index (χ1) is 14.1. The molecule has 1 aliphatic rings. The maximum Gasteiger partial charge on any atom is 0.326 e. The Bertz CT molecular complexity index is 1370. The molecule has 0 atom stereocenters. The highest BCUT2D eigenvalue weighted by Gasteiger charge is 2.21. The summed E-state index contributed by atoms with van der Waals surface area (Å²) in [5.41, 5.74) is 1.92. The second-order valence-corrected chi connectivity index (χ2v) is 6.68. The van der Waals surface area contributed by atoms with E-state index in [1.807, 2.05) is 0 Å². The number of aromatic amines is 2. The molecule has 0 radical (unpaired) electrons. The van der Waals surface area contributed by atoms with E-state index in [1.54, 1.807) is 19.2 Å². The van der Waals surface area contributed by atoms with Crippen LogP contribution in [0.5, 0.6) is 5.88 Å². The number of imidazole rings is 1. The number of fused-ring (bicyclic) bond motifs is 1. The highest BCUT2D eigenvalue weighted by molar-refractivity contribution is 5.57. The van der Waals surface area contributed by atoms with Gasteiger partial charge in [0.25, 0.3) is 5.62 Å². The molecule has 0 aromatic carbocycles. The van der Waals surface area contributed by atoms with Crippen LogP contribution in [0.1, 0.15) is 29.9 Å². The van der Waals surface area contributed by atoms with Crippen LogP contribution in [0.2, 0.25) is 0 Å². The summed E-state index contributed by atoms with van der Waals surface area (Å²) < 4.78 is 6.23. The molecule has 1 aliphatic carbocycles. The first-order valence-electron chi connectivity index (χ1n) is 8.91. The first-order valence-corrected chi connectivity index (χ1v) is 8.91. The normalized spacial score (nSPS) is 15.5. The van der Waals surface area contributed by atoms with Gasteiger partial charge in [0, 0.05) is 5.22 Å². The Morgan fingerprint density at radius 2 is 2.24 bits per heavy atom. The van der Waals surface area contributed by atoms with Gasteiger partial charge in [-0.25, -0.2) is 14.4 Å². The number of nitrogens with zero attached hydrogens (tertiary/aromatic N) is 7. The van der Waals surface area contributed by atoms with Crippen molar-refractivity contribution in [2.24, 2.45) is 4.99 Å². The Kier molecular flexibility index (Phi) is 3.86. The Balaban J connectivity index is 1.62. The van der Waals surface area contributed by atoms with Crippen molar-refractivity contribution >= 4 is 17.7 Å². The fourth-order valence-electron chi connectivity index (χ4n) is 2.73. The largest absolute Gasteiger partial charge is 0.493 e. The molecule has 4 N–H and O–H groups in total. The third-order valence-electron chi connectivity index (χ3n) is 4.42. The van der Waals surface area contributed by atoms with E-state index in [1.165, 1.54) is 4.52 Å². The van der Waals surface area contributed by atoms with Gasteiger partial charge in [0.05, 0.1) is 18.8 Å². The van der Waals surface area contributed by atoms with Crippen LogP contribution >= 0.6 is 0 Å². The number of aryl methyl sites for hydroxylation is 1. The maximum atomic E-state index is 11.4.